The highest BCUT2D eigenvalue weighted by atomic mass is 15.0. The molecule has 0 aliphatic rings. The first-order valence-corrected chi connectivity index (χ1v) is 15.1. The quantitative estimate of drug-likeness (QED) is 0.203. The van der Waals surface area contributed by atoms with Gasteiger partial charge in [0.25, 0.3) is 0 Å². The minimum Gasteiger partial charge on any atom is -0.398 e. The van der Waals surface area contributed by atoms with Crippen molar-refractivity contribution in [1.82, 2.24) is 14.5 Å². The first kappa shape index (κ1) is 27.1. The average Bonchev–Trinajstić information content (AvgIpc) is 3.45. The number of benzene rings is 6. The van der Waals surface area contributed by atoms with Gasteiger partial charge in [0.05, 0.1) is 39.7 Å². The molecule has 216 valence electrons. The molecule has 0 aliphatic heterocycles. The molecule has 0 spiro atoms. The number of fused-ring (bicyclic) bond motifs is 3. The number of rotatable bonds is 5. The summed E-state index contributed by atoms with van der Waals surface area (Å²) in [5.41, 5.74) is 17.0. The van der Waals surface area contributed by atoms with Crippen molar-refractivity contribution < 1.29 is 0 Å². The summed E-state index contributed by atoms with van der Waals surface area (Å²) in [6.07, 6.45) is 0. The summed E-state index contributed by atoms with van der Waals surface area (Å²) >= 11 is 0. The van der Waals surface area contributed by atoms with Crippen molar-refractivity contribution in [2.45, 2.75) is 0 Å². The van der Waals surface area contributed by atoms with Crippen molar-refractivity contribution >= 4 is 27.5 Å². The molecule has 5 heteroatoms. The Hall–Kier alpha value is -6.51. The molecule has 0 unspecified atom stereocenters. The molecule has 0 amide bonds. The minimum absolute atomic E-state index is 0.470. The van der Waals surface area contributed by atoms with Crippen LogP contribution in [-0.2, 0) is 0 Å². The predicted molar refractivity (Wildman–Crippen MR) is 187 cm³/mol. The van der Waals surface area contributed by atoms with E-state index in [2.05, 4.69) is 95.6 Å². The molecule has 0 saturated carbocycles. The molecule has 8 rings (SSSR count). The molecule has 0 radical (unpaired) electrons. The first-order valence-electron chi connectivity index (χ1n) is 15.1. The van der Waals surface area contributed by atoms with Crippen molar-refractivity contribution in [1.29, 1.82) is 5.26 Å². The largest absolute Gasteiger partial charge is 0.398 e. The lowest BCUT2D eigenvalue weighted by atomic mass is 10.0. The zero-order valence-electron chi connectivity index (χ0n) is 24.8. The van der Waals surface area contributed by atoms with Gasteiger partial charge in [-0.15, -0.1) is 0 Å². The molecule has 2 aromatic heterocycles. The van der Waals surface area contributed by atoms with Gasteiger partial charge in [-0.3, -0.25) is 0 Å². The Balaban J connectivity index is 1.39. The summed E-state index contributed by atoms with van der Waals surface area (Å²) < 4.78 is 2.32. The Morgan fingerprint density at radius 2 is 1.15 bits per heavy atom. The number of hydrogen-bond acceptors (Lipinski definition) is 4. The zero-order chi connectivity index (χ0) is 31.0. The molecule has 0 saturated heterocycles. The molecule has 0 fully saturated rings. The van der Waals surface area contributed by atoms with Gasteiger partial charge in [0.15, 0.2) is 5.82 Å². The molecule has 0 bridgehead atoms. The highest BCUT2D eigenvalue weighted by Gasteiger charge is 2.19. The molecule has 2 heterocycles. The third-order valence-electron chi connectivity index (χ3n) is 8.45. The van der Waals surface area contributed by atoms with Crippen molar-refractivity contribution in [2.75, 3.05) is 5.73 Å². The zero-order valence-corrected chi connectivity index (χ0v) is 24.8. The summed E-state index contributed by atoms with van der Waals surface area (Å²) in [5, 5.41) is 12.3. The van der Waals surface area contributed by atoms with E-state index >= 15 is 0 Å². The Morgan fingerprint density at radius 3 is 1.96 bits per heavy atom. The van der Waals surface area contributed by atoms with Gasteiger partial charge in [0, 0.05) is 33.2 Å². The van der Waals surface area contributed by atoms with Crippen LogP contribution in [0.4, 0.5) is 5.69 Å². The monoisotopic (exact) mass is 589 g/mol. The van der Waals surface area contributed by atoms with Crippen molar-refractivity contribution in [3.63, 3.8) is 0 Å². The van der Waals surface area contributed by atoms with E-state index in [4.69, 9.17) is 15.7 Å². The van der Waals surface area contributed by atoms with Gasteiger partial charge in [-0.1, -0.05) is 103 Å². The van der Waals surface area contributed by atoms with Gasteiger partial charge >= 0.3 is 0 Å². The van der Waals surface area contributed by atoms with Crippen LogP contribution in [0.3, 0.4) is 0 Å². The van der Waals surface area contributed by atoms with Gasteiger partial charge in [0.1, 0.15) is 0 Å². The lowest BCUT2D eigenvalue weighted by molar-refractivity contribution is 1.15. The van der Waals surface area contributed by atoms with Gasteiger partial charge in [-0.2, -0.15) is 5.26 Å². The minimum atomic E-state index is 0.470. The normalized spacial score (nSPS) is 11.1. The molecule has 0 atom stereocenters. The van der Waals surface area contributed by atoms with Crippen LogP contribution in [-0.4, -0.2) is 14.5 Å². The third-order valence-corrected chi connectivity index (χ3v) is 8.45. The fourth-order valence-corrected chi connectivity index (χ4v) is 6.28. The average molecular weight is 590 g/mol. The number of nitrogens with zero attached hydrogens (tertiary/aromatic N) is 4. The number of nitriles is 1. The van der Waals surface area contributed by atoms with Crippen molar-refractivity contribution in [2.24, 2.45) is 0 Å². The van der Waals surface area contributed by atoms with E-state index in [1.807, 2.05) is 60.7 Å². The van der Waals surface area contributed by atoms with Gasteiger partial charge < -0.3 is 10.3 Å². The highest BCUT2D eigenvalue weighted by molar-refractivity contribution is 6.11. The molecule has 5 nitrogen and oxygen atoms in total. The molecular formula is C41H27N5. The second-order valence-corrected chi connectivity index (χ2v) is 11.2. The van der Waals surface area contributed by atoms with Gasteiger partial charge in [-0.05, 0) is 59.7 Å². The highest BCUT2D eigenvalue weighted by Crippen LogP contribution is 2.39. The van der Waals surface area contributed by atoms with E-state index in [1.54, 1.807) is 6.07 Å². The van der Waals surface area contributed by atoms with Crippen LogP contribution in [0.1, 0.15) is 5.56 Å². The molecular weight excluding hydrogens is 562 g/mol. The topological polar surface area (TPSA) is 80.5 Å². The summed E-state index contributed by atoms with van der Waals surface area (Å²) in [5.74, 6) is 0.470. The Kier molecular flexibility index (Phi) is 6.59. The van der Waals surface area contributed by atoms with Crippen LogP contribution >= 0.6 is 0 Å². The Labute approximate surface area is 266 Å². The Bertz CT molecular complexity index is 2450. The fourth-order valence-electron chi connectivity index (χ4n) is 6.28. The predicted octanol–water partition coefficient (Wildman–Crippen LogP) is 9.70. The Morgan fingerprint density at radius 1 is 0.522 bits per heavy atom. The van der Waals surface area contributed by atoms with Crippen LogP contribution in [0.5, 0.6) is 0 Å². The smallest absolute Gasteiger partial charge is 0.161 e. The molecule has 2 N–H and O–H groups in total. The number of nitrogens with two attached hydrogens (primary N) is 1. The summed E-state index contributed by atoms with van der Waals surface area (Å²) in [7, 11) is 0. The molecule has 46 heavy (non-hydrogen) atoms. The summed E-state index contributed by atoms with van der Waals surface area (Å²) in [6, 6.07) is 53.4. The van der Waals surface area contributed by atoms with Crippen LogP contribution in [0.25, 0.3) is 72.5 Å². The van der Waals surface area contributed by atoms with E-state index in [-0.39, 0.29) is 0 Å². The van der Waals surface area contributed by atoms with E-state index in [1.165, 1.54) is 21.9 Å². The number of aromatic nitrogens is 3. The van der Waals surface area contributed by atoms with Gasteiger partial charge in [-0.25, -0.2) is 9.97 Å². The molecule has 6 aromatic carbocycles. The second kappa shape index (κ2) is 11.2. The fraction of sp³-hybridized carbons (Fsp3) is 0. The van der Waals surface area contributed by atoms with Gasteiger partial charge in [0.2, 0.25) is 0 Å². The molecule has 8 aromatic rings. The lowest BCUT2D eigenvalue weighted by Gasteiger charge is -2.16. The van der Waals surface area contributed by atoms with E-state index < -0.39 is 0 Å². The van der Waals surface area contributed by atoms with Crippen molar-refractivity contribution in [3.05, 3.63) is 157 Å². The summed E-state index contributed by atoms with van der Waals surface area (Å²) in [4.78, 5) is 10.1. The van der Waals surface area contributed by atoms with E-state index in [0.29, 0.717) is 28.3 Å². The number of nitrogen functional groups attached to an aromatic ring is 1. The molecule has 0 aliphatic carbocycles. The van der Waals surface area contributed by atoms with Crippen LogP contribution in [0.15, 0.2) is 152 Å². The lowest BCUT2D eigenvalue weighted by Crippen LogP contribution is -2.02. The van der Waals surface area contributed by atoms with E-state index in [9.17, 15) is 5.26 Å². The number of anilines is 1. The third kappa shape index (κ3) is 4.57. The standard InChI is InChI=1S/C41H27N5/c42-26-29-14-4-5-15-30(29)41-44-36(32-17-6-9-19-35(32)43)25-37(45-41)33-18-8-11-21-39(33)46-38-20-10-7-16-31(38)34-24-28(22-23-40(34)46)27-12-2-1-3-13-27/h1-25H,43H2. The van der Waals surface area contributed by atoms with Crippen molar-refractivity contribution in [3.8, 4) is 56.8 Å². The first-order chi connectivity index (χ1) is 22.7. The van der Waals surface area contributed by atoms with Crippen LogP contribution in [0, 0.1) is 11.3 Å². The number of hydrogen-bond donors (Lipinski definition) is 1. The van der Waals surface area contributed by atoms with Crippen LogP contribution < -0.4 is 5.73 Å². The SMILES string of the molecule is N#Cc1ccccc1-c1nc(-c2ccccc2N)cc(-c2ccccc2-n2c3ccccc3c3cc(-c4ccccc4)ccc32)n1. The van der Waals surface area contributed by atoms with E-state index in [0.717, 1.165) is 33.5 Å². The summed E-state index contributed by atoms with van der Waals surface area (Å²) in [6.45, 7) is 0. The number of para-hydroxylation sites is 3. The van der Waals surface area contributed by atoms with Crippen LogP contribution in [0.2, 0.25) is 0 Å². The maximum Gasteiger partial charge on any atom is 0.161 e. The maximum atomic E-state index is 9.93. The second-order valence-electron chi connectivity index (χ2n) is 11.2. The maximum absolute atomic E-state index is 9.93.